The lowest BCUT2D eigenvalue weighted by Crippen LogP contribution is -2.36. The standard InChI is InChI=1S/C14H19N5O/c1-3-11-8-14(19-13(17-11)4-6-15-19)18-7-5-12(9-18)16-10(2)20/h4,6,8,12H,3,5,7,9H2,1-2H3,(H,16,20)/t12-/m0/s1. The molecule has 3 rings (SSSR count). The number of aromatic nitrogens is 3. The van der Waals surface area contributed by atoms with E-state index in [9.17, 15) is 4.79 Å². The molecule has 1 N–H and O–H groups in total. The third kappa shape index (κ3) is 2.33. The highest BCUT2D eigenvalue weighted by atomic mass is 16.1. The Morgan fingerprint density at radius 2 is 2.40 bits per heavy atom. The summed E-state index contributed by atoms with van der Waals surface area (Å²) in [4.78, 5) is 18.0. The Morgan fingerprint density at radius 1 is 1.55 bits per heavy atom. The Morgan fingerprint density at radius 3 is 3.15 bits per heavy atom. The first-order valence-electron chi connectivity index (χ1n) is 7.03. The largest absolute Gasteiger partial charge is 0.354 e. The number of carbonyl (C=O) groups excluding carboxylic acids is 1. The molecule has 3 heterocycles. The lowest BCUT2D eigenvalue weighted by molar-refractivity contribution is -0.119. The van der Waals surface area contributed by atoms with E-state index in [2.05, 4.69) is 33.3 Å². The van der Waals surface area contributed by atoms with Crippen LogP contribution in [0.1, 0.15) is 26.0 Å². The Bertz CT molecular complexity index is 636. The number of anilines is 1. The average molecular weight is 273 g/mol. The van der Waals surface area contributed by atoms with Crippen LogP contribution in [0.25, 0.3) is 5.65 Å². The second-order valence-corrected chi connectivity index (χ2v) is 5.19. The molecule has 0 radical (unpaired) electrons. The van der Waals surface area contributed by atoms with E-state index in [1.54, 1.807) is 13.1 Å². The summed E-state index contributed by atoms with van der Waals surface area (Å²) in [6, 6.07) is 4.23. The molecule has 6 nitrogen and oxygen atoms in total. The van der Waals surface area contributed by atoms with Gasteiger partial charge in [-0.3, -0.25) is 4.79 Å². The molecular formula is C14H19N5O. The summed E-state index contributed by atoms with van der Waals surface area (Å²) in [6.07, 6.45) is 3.64. The molecule has 0 aliphatic carbocycles. The van der Waals surface area contributed by atoms with E-state index < -0.39 is 0 Å². The molecule has 0 aromatic carbocycles. The van der Waals surface area contributed by atoms with Crippen LogP contribution in [-0.4, -0.2) is 39.6 Å². The number of carbonyl (C=O) groups is 1. The summed E-state index contributed by atoms with van der Waals surface area (Å²) in [7, 11) is 0. The van der Waals surface area contributed by atoms with E-state index in [0.29, 0.717) is 0 Å². The number of nitrogens with zero attached hydrogens (tertiary/aromatic N) is 4. The smallest absolute Gasteiger partial charge is 0.217 e. The second-order valence-electron chi connectivity index (χ2n) is 5.19. The Balaban J connectivity index is 1.90. The van der Waals surface area contributed by atoms with Gasteiger partial charge in [-0.15, -0.1) is 0 Å². The molecule has 1 aliphatic rings. The minimum atomic E-state index is 0.0325. The maximum atomic E-state index is 11.2. The second kappa shape index (κ2) is 5.11. The van der Waals surface area contributed by atoms with Gasteiger partial charge in [0.1, 0.15) is 5.82 Å². The van der Waals surface area contributed by atoms with Crippen LogP contribution >= 0.6 is 0 Å². The molecule has 1 atom stereocenters. The van der Waals surface area contributed by atoms with Crippen molar-refractivity contribution in [1.82, 2.24) is 19.9 Å². The molecule has 6 heteroatoms. The fourth-order valence-corrected chi connectivity index (χ4v) is 2.73. The number of rotatable bonds is 3. The van der Waals surface area contributed by atoms with Crippen LogP contribution in [-0.2, 0) is 11.2 Å². The van der Waals surface area contributed by atoms with E-state index >= 15 is 0 Å². The van der Waals surface area contributed by atoms with Gasteiger partial charge in [-0.2, -0.15) is 9.61 Å². The summed E-state index contributed by atoms with van der Waals surface area (Å²) in [6.45, 7) is 5.41. The lowest BCUT2D eigenvalue weighted by atomic mass is 10.2. The van der Waals surface area contributed by atoms with Gasteiger partial charge in [-0.05, 0) is 12.8 Å². The molecule has 0 saturated carbocycles. The first-order valence-corrected chi connectivity index (χ1v) is 7.03. The van der Waals surface area contributed by atoms with Crippen molar-refractivity contribution in [3.05, 3.63) is 24.0 Å². The quantitative estimate of drug-likeness (QED) is 0.906. The highest BCUT2D eigenvalue weighted by Gasteiger charge is 2.25. The Hall–Kier alpha value is -2.11. The third-order valence-corrected chi connectivity index (χ3v) is 3.68. The minimum absolute atomic E-state index is 0.0325. The fraction of sp³-hybridized carbons (Fsp3) is 0.500. The van der Waals surface area contributed by atoms with Crippen LogP contribution in [0.3, 0.4) is 0 Å². The molecule has 1 aliphatic heterocycles. The molecule has 1 fully saturated rings. The van der Waals surface area contributed by atoms with Crippen molar-refractivity contribution in [3.63, 3.8) is 0 Å². The zero-order valence-electron chi connectivity index (χ0n) is 11.8. The highest BCUT2D eigenvalue weighted by molar-refractivity contribution is 5.73. The summed E-state index contributed by atoms with van der Waals surface area (Å²) < 4.78 is 1.87. The SMILES string of the molecule is CCc1cc(N2CC[C@H](NC(C)=O)C2)n2nccc2n1. The fourth-order valence-electron chi connectivity index (χ4n) is 2.73. The number of aryl methyl sites for hydroxylation is 1. The van der Waals surface area contributed by atoms with Gasteiger partial charge in [0.05, 0.1) is 6.20 Å². The predicted molar refractivity (Wildman–Crippen MR) is 76.8 cm³/mol. The van der Waals surface area contributed by atoms with E-state index in [0.717, 1.165) is 43.1 Å². The minimum Gasteiger partial charge on any atom is -0.354 e. The summed E-state index contributed by atoms with van der Waals surface area (Å²) in [5, 5.41) is 7.34. The maximum absolute atomic E-state index is 11.2. The average Bonchev–Trinajstić information content (AvgIpc) is 3.05. The van der Waals surface area contributed by atoms with Crippen LogP contribution in [0.4, 0.5) is 5.82 Å². The van der Waals surface area contributed by atoms with Gasteiger partial charge in [0.2, 0.25) is 5.91 Å². The number of amides is 1. The monoisotopic (exact) mass is 273 g/mol. The topological polar surface area (TPSA) is 62.5 Å². The van der Waals surface area contributed by atoms with Crippen molar-refractivity contribution < 1.29 is 4.79 Å². The summed E-state index contributed by atoms with van der Waals surface area (Å²) in [5.74, 6) is 1.09. The molecule has 1 saturated heterocycles. The van der Waals surface area contributed by atoms with Crippen LogP contribution < -0.4 is 10.2 Å². The van der Waals surface area contributed by atoms with E-state index in [-0.39, 0.29) is 11.9 Å². The highest BCUT2D eigenvalue weighted by Crippen LogP contribution is 2.22. The van der Waals surface area contributed by atoms with Gasteiger partial charge in [-0.25, -0.2) is 4.98 Å². The molecule has 1 amide bonds. The van der Waals surface area contributed by atoms with Crippen molar-refractivity contribution >= 4 is 17.4 Å². The first kappa shape index (κ1) is 12.9. The van der Waals surface area contributed by atoms with E-state index in [4.69, 9.17) is 0 Å². The lowest BCUT2D eigenvalue weighted by Gasteiger charge is -2.20. The van der Waals surface area contributed by atoms with Crippen molar-refractivity contribution in [1.29, 1.82) is 0 Å². The third-order valence-electron chi connectivity index (χ3n) is 3.68. The Labute approximate surface area is 117 Å². The molecule has 0 bridgehead atoms. The van der Waals surface area contributed by atoms with Crippen LogP contribution in [0.5, 0.6) is 0 Å². The van der Waals surface area contributed by atoms with Crippen LogP contribution in [0.15, 0.2) is 18.3 Å². The molecule has 20 heavy (non-hydrogen) atoms. The molecule has 0 unspecified atom stereocenters. The number of hydrogen-bond donors (Lipinski definition) is 1. The van der Waals surface area contributed by atoms with Gasteiger partial charge in [-0.1, -0.05) is 6.92 Å². The molecule has 2 aromatic rings. The molecule has 0 spiro atoms. The van der Waals surface area contributed by atoms with Crippen LogP contribution in [0.2, 0.25) is 0 Å². The van der Waals surface area contributed by atoms with Crippen molar-refractivity contribution in [2.24, 2.45) is 0 Å². The van der Waals surface area contributed by atoms with Crippen molar-refractivity contribution in [2.45, 2.75) is 32.7 Å². The predicted octanol–water partition coefficient (Wildman–Crippen LogP) is 1.01. The van der Waals surface area contributed by atoms with Gasteiger partial charge in [0, 0.05) is 43.9 Å². The van der Waals surface area contributed by atoms with E-state index in [1.807, 2.05) is 10.6 Å². The molecule has 106 valence electrons. The molecule has 2 aromatic heterocycles. The van der Waals surface area contributed by atoms with Crippen molar-refractivity contribution in [3.8, 4) is 0 Å². The number of nitrogens with one attached hydrogen (secondary N) is 1. The summed E-state index contributed by atoms with van der Waals surface area (Å²) in [5.41, 5.74) is 1.94. The Kier molecular flexibility index (Phi) is 3.30. The van der Waals surface area contributed by atoms with Crippen LogP contribution in [0, 0.1) is 0 Å². The van der Waals surface area contributed by atoms with Gasteiger partial charge < -0.3 is 10.2 Å². The number of hydrogen-bond acceptors (Lipinski definition) is 4. The zero-order chi connectivity index (χ0) is 14.1. The maximum Gasteiger partial charge on any atom is 0.217 e. The molecular weight excluding hydrogens is 254 g/mol. The summed E-state index contributed by atoms with van der Waals surface area (Å²) >= 11 is 0. The van der Waals surface area contributed by atoms with Gasteiger partial charge in [0.15, 0.2) is 5.65 Å². The van der Waals surface area contributed by atoms with E-state index in [1.165, 1.54) is 0 Å². The zero-order valence-corrected chi connectivity index (χ0v) is 11.8. The number of fused-ring (bicyclic) bond motifs is 1. The normalized spacial score (nSPS) is 18.7. The van der Waals surface area contributed by atoms with Gasteiger partial charge >= 0.3 is 0 Å². The van der Waals surface area contributed by atoms with Crippen molar-refractivity contribution in [2.75, 3.05) is 18.0 Å². The van der Waals surface area contributed by atoms with Gasteiger partial charge in [0.25, 0.3) is 0 Å². The first-order chi connectivity index (χ1) is 9.67.